The molecule has 1 unspecified atom stereocenters. The molecule has 0 saturated carbocycles. The minimum absolute atomic E-state index is 0.441. The molecule has 1 atom stereocenters. The predicted molar refractivity (Wildman–Crippen MR) is 84.3 cm³/mol. The van der Waals surface area contributed by atoms with Crippen LogP contribution in [0.5, 0.6) is 0 Å². The van der Waals surface area contributed by atoms with Crippen molar-refractivity contribution < 1.29 is 9.90 Å². The summed E-state index contributed by atoms with van der Waals surface area (Å²) in [6.07, 6.45) is 0.441. The van der Waals surface area contributed by atoms with Crippen molar-refractivity contribution in [1.82, 2.24) is 5.32 Å². The molecule has 0 fully saturated rings. The molecule has 0 amide bonds. The number of nitrogens with one attached hydrogen (secondary N) is 1. The number of benzene rings is 2. The van der Waals surface area contributed by atoms with Crippen molar-refractivity contribution >= 4 is 17.6 Å². The lowest BCUT2D eigenvalue weighted by atomic mass is 9.87. The molecule has 3 nitrogen and oxygen atoms in total. The molecule has 0 aliphatic heterocycles. The van der Waals surface area contributed by atoms with Crippen molar-refractivity contribution in [2.75, 3.05) is 0 Å². The molecule has 0 aromatic heterocycles. The Bertz CT molecular complexity index is 598. The Hall–Kier alpha value is -1.84. The van der Waals surface area contributed by atoms with Crippen LogP contribution in [-0.2, 0) is 16.9 Å². The molecule has 21 heavy (non-hydrogen) atoms. The molecule has 0 saturated heterocycles. The van der Waals surface area contributed by atoms with E-state index in [-0.39, 0.29) is 0 Å². The fourth-order valence-corrected chi connectivity index (χ4v) is 2.49. The third kappa shape index (κ3) is 3.43. The van der Waals surface area contributed by atoms with Crippen LogP contribution >= 0.6 is 11.6 Å². The lowest BCUT2D eigenvalue weighted by Crippen LogP contribution is -2.48. The van der Waals surface area contributed by atoms with Gasteiger partial charge in [-0.1, -0.05) is 61.0 Å². The van der Waals surface area contributed by atoms with Crippen LogP contribution < -0.4 is 5.32 Å². The number of hydrogen-bond donors (Lipinski definition) is 2. The first-order valence-electron chi connectivity index (χ1n) is 6.87. The molecule has 0 bridgehead atoms. The molecule has 0 aliphatic rings. The highest BCUT2D eigenvalue weighted by Gasteiger charge is 2.38. The third-order valence-corrected chi connectivity index (χ3v) is 3.92. The number of carboxylic acid groups (broad SMARTS) is 1. The van der Waals surface area contributed by atoms with Crippen molar-refractivity contribution in [3.05, 3.63) is 70.7 Å². The molecule has 2 aromatic rings. The topological polar surface area (TPSA) is 49.3 Å². The molecule has 2 rings (SSSR count). The highest BCUT2D eigenvalue weighted by atomic mass is 35.5. The monoisotopic (exact) mass is 303 g/mol. The fraction of sp³-hybridized carbons (Fsp3) is 0.235. The molecule has 0 radical (unpaired) electrons. The Kier molecular flexibility index (Phi) is 4.99. The highest BCUT2D eigenvalue weighted by molar-refractivity contribution is 6.30. The Labute approximate surface area is 129 Å². The van der Waals surface area contributed by atoms with E-state index in [1.165, 1.54) is 0 Å². The first-order valence-corrected chi connectivity index (χ1v) is 7.24. The van der Waals surface area contributed by atoms with Crippen molar-refractivity contribution in [3.8, 4) is 0 Å². The average Bonchev–Trinajstić information content (AvgIpc) is 2.50. The Morgan fingerprint density at radius 1 is 1.14 bits per heavy atom. The van der Waals surface area contributed by atoms with Gasteiger partial charge >= 0.3 is 5.97 Å². The van der Waals surface area contributed by atoms with E-state index >= 15 is 0 Å². The average molecular weight is 304 g/mol. The molecule has 0 aliphatic carbocycles. The number of hydrogen-bond acceptors (Lipinski definition) is 2. The van der Waals surface area contributed by atoms with E-state index in [0.29, 0.717) is 23.6 Å². The number of carbonyl (C=O) groups is 1. The van der Waals surface area contributed by atoms with Crippen LogP contribution in [0.2, 0.25) is 5.02 Å². The molecular weight excluding hydrogens is 286 g/mol. The summed E-state index contributed by atoms with van der Waals surface area (Å²) in [6, 6.07) is 16.7. The third-order valence-electron chi connectivity index (χ3n) is 3.67. The van der Waals surface area contributed by atoms with Crippen molar-refractivity contribution in [2.24, 2.45) is 0 Å². The van der Waals surface area contributed by atoms with Crippen LogP contribution in [0, 0.1) is 0 Å². The van der Waals surface area contributed by atoms with E-state index in [2.05, 4.69) is 5.32 Å². The van der Waals surface area contributed by atoms with E-state index in [4.69, 9.17) is 11.6 Å². The lowest BCUT2D eigenvalue weighted by molar-refractivity contribution is -0.145. The quantitative estimate of drug-likeness (QED) is 0.853. The fourth-order valence-electron chi connectivity index (χ4n) is 2.36. The van der Waals surface area contributed by atoms with Crippen LogP contribution in [0.25, 0.3) is 0 Å². The molecule has 110 valence electrons. The van der Waals surface area contributed by atoms with E-state index in [9.17, 15) is 9.90 Å². The number of aliphatic carboxylic acids is 1. The summed E-state index contributed by atoms with van der Waals surface area (Å²) in [5.74, 6) is -0.886. The maximum atomic E-state index is 11.9. The van der Waals surface area contributed by atoms with Gasteiger partial charge in [-0.25, -0.2) is 4.79 Å². The Morgan fingerprint density at radius 3 is 2.29 bits per heavy atom. The zero-order valence-corrected chi connectivity index (χ0v) is 12.6. The zero-order chi connectivity index (χ0) is 15.3. The molecule has 0 heterocycles. The summed E-state index contributed by atoms with van der Waals surface area (Å²) < 4.78 is 0. The van der Waals surface area contributed by atoms with E-state index in [1.807, 2.05) is 37.3 Å². The van der Waals surface area contributed by atoms with Crippen LogP contribution in [-0.4, -0.2) is 11.1 Å². The van der Waals surface area contributed by atoms with Gasteiger partial charge in [0.25, 0.3) is 0 Å². The second kappa shape index (κ2) is 6.74. The maximum Gasteiger partial charge on any atom is 0.328 e. The van der Waals surface area contributed by atoms with Gasteiger partial charge in [0.15, 0.2) is 0 Å². The zero-order valence-electron chi connectivity index (χ0n) is 11.8. The van der Waals surface area contributed by atoms with E-state index in [1.54, 1.807) is 24.3 Å². The second-order valence-electron chi connectivity index (χ2n) is 4.91. The predicted octanol–water partition coefficient (Wildman–Crippen LogP) is 3.82. The highest BCUT2D eigenvalue weighted by Crippen LogP contribution is 2.27. The first-order chi connectivity index (χ1) is 10.1. The van der Waals surface area contributed by atoms with Crippen LogP contribution in [0.15, 0.2) is 54.6 Å². The molecule has 2 aromatic carbocycles. The molecule has 2 N–H and O–H groups in total. The summed E-state index contributed by atoms with van der Waals surface area (Å²) in [4.78, 5) is 11.9. The summed E-state index contributed by atoms with van der Waals surface area (Å²) in [5.41, 5.74) is 0.642. The summed E-state index contributed by atoms with van der Waals surface area (Å²) in [6.45, 7) is 2.35. The SMILES string of the molecule is CCC(NCc1ccccc1)(C(=O)O)c1ccc(Cl)cc1. The summed E-state index contributed by atoms with van der Waals surface area (Å²) >= 11 is 5.89. The standard InChI is InChI=1S/C17H18ClNO2/c1-2-17(16(20)21,14-8-10-15(18)11-9-14)19-12-13-6-4-3-5-7-13/h3-11,19H,2,12H2,1H3,(H,20,21). The number of carboxylic acids is 1. The first kappa shape index (κ1) is 15.5. The van der Waals surface area contributed by atoms with Crippen LogP contribution in [0.1, 0.15) is 24.5 Å². The normalized spacial score (nSPS) is 13.6. The van der Waals surface area contributed by atoms with E-state index in [0.717, 1.165) is 5.56 Å². The van der Waals surface area contributed by atoms with Gasteiger partial charge in [-0.15, -0.1) is 0 Å². The van der Waals surface area contributed by atoms with Crippen LogP contribution in [0.3, 0.4) is 0 Å². The van der Waals surface area contributed by atoms with Gasteiger partial charge in [0.2, 0.25) is 0 Å². The van der Waals surface area contributed by atoms with Gasteiger partial charge in [0.05, 0.1) is 0 Å². The maximum absolute atomic E-state index is 11.9. The molecular formula is C17H18ClNO2. The van der Waals surface area contributed by atoms with Gasteiger partial charge in [-0.3, -0.25) is 5.32 Å². The van der Waals surface area contributed by atoms with Gasteiger partial charge in [0, 0.05) is 11.6 Å². The van der Waals surface area contributed by atoms with Gasteiger partial charge < -0.3 is 5.11 Å². The van der Waals surface area contributed by atoms with Gasteiger partial charge in [-0.05, 0) is 29.7 Å². The summed E-state index contributed by atoms with van der Waals surface area (Å²) in [7, 11) is 0. The molecule has 0 spiro atoms. The van der Waals surface area contributed by atoms with Gasteiger partial charge in [-0.2, -0.15) is 0 Å². The van der Waals surface area contributed by atoms with Gasteiger partial charge in [0.1, 0.15) is 5.54 Å². The van der Waals surface area contributed by atoms with Crippen molar-refractivity contribution in [3.63, 3.8) is 0 Å². The summed E-state index contributed by atoms with van der Waals surface area (Å²) in [5, 5.41) is 13.5. The number of halogens is 1. The van der Waals surface area contributed by atoms with Crippen molar-refractivity contribution in [2.45, 2.75) is 25.4 Å². The molecule has 4 heteroatoms. The minimum atomic E-state index is -1.11. The van der Waals surface area contributed by atoms with Crippen LogP contribution in [0.4, 0.5) is 0 Å². The second-order valence-corrected chi connectivity index (χ2v) is 5.35. The lowest BCUT2D eigenvalue weighted by Gasteiger charge is -2.30. The largest absolute Gasteiger partial charge is 0.480 e. The number of rotatable bonds is 6. The van der Waals surface area contributed by atoms with E-state index < -0.39 is 11.5 Å². The minimum Gasteiger partial charge on any atom is -0.480 e. The van der Waals surface area contributed by atoms with Crippen molar-refractivity contribution in [1.29, 1.82) is 0 Å². The smallest absolute Gasteiger partial charge is 0.328 e. The Morgan fingerprint density at radius 2 is 1.76 bits per heavy atom. The Balaban J connectivity index is 2.29.